The van der Waals surface area contributed by atoms with Gasteiger partial charge in [-0.25, -0.2) is 13.2 Å². The highest BCUT2D eigenvalue weighted by molar-refractivity contribution is 7.92. The molecule has 0 aromatic heterocycles. The monoisotopic (exact) mass is 383 g/mol. The predicted octanol–water partition coefficient (Wildman–Crippen LogP) is 1.80. The summed E-state index contributed by atoms with van der Waals surface area (Å²) < 4.78 is 23.6. The molecule has 4 bridgehead atoms. The third kappa shape index (κ3) is 3.05. The van der Waals surface area contributed by atoms with Crippen LogP contribution in [0.5, 0.6) is 0 Å². The Labute approximate surface area is 157 Å². The molecule has 5 aliphatic rings. The van der Waals surface area contributed by atoms with Crippen molar-refractivity contribution in [1.82, 2.24) is 10.6 Å². The first-order chi connectivity index (χ1) is 12.2. The van der Waals surface area contributed by atoms with Crippen molar-refractivity contribution in [2.24, 2.45) is 29.4 Å². The van der Waals surface area contributed by atoms with Crippen LogP contribution in [0.3, 0.4) is 0 Å². The largest absolute Gasteiger partial charge is 0.337 e. The number of urea groups is 1. The molecule has 0 saturated heterocycles. The summed E-state index contributed by atoms with van der Waals surface area (Å²) in [7, 11) is -3.19. The van der Waals surface area contributed by atoms with Crippen molar-refractivity contribution in [2.75, 3.05) is 19.3 Å². The topological polar surface area (TPSA) is 101 Å². The summed E-state index contributed by atoms with van der Waals surface area (Å²) in [5.74, 6) is 2.74. The van der Waals surface area contributed by atoms with E-state index in [-0.39, 0.29) is 18.1 Å². The standard InChI is InChI=1S/C19H33N3O3S/c1-26(24,25)18(4-2-3-5-18)11-21-17(23)22-12-19(20)15-7-13-6-14(9-15)10-16(19)8-13/h13-16H,2-12,20H2,1H3,(H2,21,22,23). The smallest absolute Gasteiger partial charge is 0.314 e. The van der Waals surface area contributed by atoms with Gasteiger partial charge >= 0.3 is 6.03 Å². The second-order valence-electron chi connectivity index (χ2n) is 9.62. The van der Waals surface area contributed by atoms with Crippen molar-refractivity contribution < 1.29 is 13.2 Å². The average molecular weight is 384 g/mol. The number of hydrogen-bond acceptors (Lipinski definition) is 4. The second kappa shape index (κ2) is 6.36. The SMILES string of the molecule is CS(=O)(=O)C1(CNC(=O)NCC2(N)C3CC4CC(C3)CC2C4)CCCC1. The summed E-state index contributed by atoms with van der Waals surface area (Å²) in [6.07, 6.45) is 10.6. The Bertz CT molecular complexity index is 642. The fraction of sp³-hybridized carbons (Fsp3) is 0.947. The molecule has 2 amide bonds. The van der Waals surface area contributed by atoms with Crippen molar-refractivity contribution in [1.29, 1.82) is 0 Å². The molecule has 0 aliphatic heterocycles. The summed E-state index contributed by atoms with van der Waals surface area (Å²) in [5, 5.41) is 5.80. The molecule has 0 unspecified atom stereocenters. The highest BCUT2D eigenvalue weighted by atomic mass is 32.2. The van der Waals surface area contributed by atoms with Crippen LogP contribution in [0.25, 0.3) is 0 Å². The van der Waals surface area contributed by atoms with E-state index in [1.165, 1.54) is 38.4 Å². The number of amides is 2. The molecule has 5 saturated carbocycles. The maximum atomic E-state index is 12.4. The zero-order valence-corrected chi connectivity index (χ0v) is 16.6. The molecule has 0 aromatic carbocycles. The van der Waals surface area contributed by atoms with Gasteiger partial charge in [0.1, 0.15) is 0 Å². The normalized spacial score (nSPS) is 40.5. The van der Waals surface area contributed by atoms with Crippen molar-refractivity contribution in [3.63, 3.8) is 0 Å². The van der Waals surface area contributed by atoms with Crippen LogP contribution >= 0.6 is 0 Å². The fourth-order valence-corrected chi connectivity index (χ4v) is 7.95. The van der Waals surface area contributed by atoms with Crippen LogP contribution in [0.15, 0.2) is 0 Å². The van der Waals surface area contributed by atoms with Crippen LogP contribution < -0.4 is 16.4 Å². The zero-order valence-electron chi connectivity index (χ0n) is 15.8. The molecule has 5 fully saturated rings. The van der Waals surface area contributed by atoms with Gasteiger partial charge in [-0.05, 0) is 68.6 Å². The Morgan fingerprint density at radius 3 is 1.96 bits per heavy atom. The van der Waals surface area contributed by atoms with Gasteiger partial charge in [0.05, 0.1) is 4.75 Å². The molecular formula is C19H33N3O3S. The van der Waals surface area contributed by atoms with Crippen molar-refractivity contribution >= 4 is 15.9 Å². The van der Waals surface area contributed by atoms with Gasteiger partial charge in [-0.2, -0.15) is 0 Å². The van der Waals surface area contributed by atoms with E-state index in [0.29, 0.717) is 31.2 Å². The zero-order chi connectivity index (χ0) is 18.6. The number of sulfone groups is 1. The van der Waals surface area contributed by atoms with E-state index in [1.54, 1.807) is 0 Å². The Kier molecular flexibility index (Phi) is 4.54. The van der Waals surface area contributed by atoms with Gasteiger partial charge in [-0.15, -0.1) is 0 Å². The van der Waals surface area contributed by atoms with Crippen LogP contribution in [0.2, 0.25) is 0 Å². The summed E-state index contributed by atoms with van der Waals surface area (Å²) >= 11 is 0. The molecule has 5 rings (SSSR count). The van der Waals surface area contributed by atoms with E-state index >= 15 is 0 Å². The lowest BCUT2D eigenvalue weighted by Gasteiger charge is -2.59. The minimum Gasteiger partial charge on any atom is -0.337 e. The van der Waals surface area contributed by atoms with Crippen molar-refractivity contribution in [3.8, 4) is 0 Å². The molecule has 0 spiro atoms. The molecule has 0 aromatic rings. The Morgan fingerprint density at radius 1 is 0.962 bits per heavy atom. The molecule has 5 aliphatic carbocycles. The third-order valence-electron chi connectivity index (χ3n) is 8.09. The van der Waals surface area contributed by atoms with E-state index in [0.717, 1.165) is 24.7 Å². The molecule has 7 heteroatoms. The molecule has 0 heterocycles. The summed E-state index contributed by atoms with van der Waals surface area (Å²) in [6, 6.07) is -0.279. The van der Waals surface area contributed by atoms with Gasteiger partial charge in [0, 0.05) is 24.9 Å². The van der Waals surface area contributed by atoms with E-state index in [1.807, 2.05) is 0 Å². The Balaban J connectivity index is 1.33. The molecule has 0 atom stereocenters. The molecular weight excluding hydrogens is 350 g/mol. The van der Waals surface area contributed by atoms with Crippen LogP contribution in [0.1, 0.15) is 57.8 Å². The van der Waals surface area contributed by atoms with E-state index < -0.39 is 14.6 Å². The molecule has 26 heavy (non-hydrogen) atoms. The number of hydrogen-bond donors (Lipinski definition) is 3. The number of carbonyl (C=O) groups is 1. The predicted molar refractivity (Wildman–Crippen MR) is 101 cm³/mol. The van der Waals surface area contributed by atoms with Gasteiger partial charge in [0.2, 0.25) is 0 Å². The molecule has 148 valence electrons. The average Bonchev–Trinajstić information content (AvgIpc) is 3.06. The molecule has 0 radical (unpaired) electrons. The van der Waals surface area contributed by atoms with E-state index in [9.17, 15) is 13.2 Å². The van der Waals surface area contributed by atoms with Gasteiger partial charge < -0.3 is 16.4 Å². The number of carbonyl (C=O) groups excluding carboxylic acids is 1. The maximum absolute atomic E-state index is 12.4. The maximum Gasteiger partial charge on any atom is 0.314 e. The molecule has 6 nitrogen and oxygen atoms in total. The minimum atomic E-state index is -3.19. The quantitative estimate of drug-likeness (QED) is 0.674. The van der Waals surface area contributed by atoms with E-state index in [2.05, 4.69) is 10.6 Å². The van der Waals surface area contributed by atoms with Gasteiger partial charge in [0.15, 0.2) is 9.84 Å². The number of rotatable bonds is 5. The number of nitrogens with two attached hydrogens (primary N) is 1. The van der Waals surface area contributed by atoms with Crippen LogP contribution in [-0.2, 0) is 9.84 Å². The van der Waals surface area contributed by atoms with Crippen molar-refractivity contribution in [3.05, 3.63) is 0 Å². The lowest BCUT2D eigenvalue weighted by atomic mass is 9.49. The first-order valence-corrected chi connectivity index (χ1v) is 12.1. The third-order valence-corrected chi connectivity index (χ3v) is 10.2. The van der Waals surface area contributed by atoms with Crippen LogP contribution in [-0.4, -0.2) is 44.1 Å². The van der Waals surface area contributed by atoms with Crippen LogP contribution in [0.4, 0.5) is 4.79 Å². The Morgan fingerprint density at radius 2 is 1.46 bits per heavy atom. The first kappa shape index (κ1) is 18.5. The second-order valence-corrected chi connectivity index (χ2v) is 12.0. The fourth-order valence-electron chi connectivity index (χ4n) is 6.59. The summed E-state index contributed by atoms with van der Waals surface area (Å²) in [4.78, 5) is 12.4. The number of nitrogens with one attached hydrogen (secondary N) is 2. The lowest BCUT2D eigenvalue weighted by Crippen LogP contribution is -2.67. The first-order valence-electron chi connectivity index (χ1n) is 10.2. The highest BCUT2D eigenvalue weighted by Crippen LogP contribution is 2.57. The van der Waals surface area contributed by atoms with Crippen LogP contribution in [0, 0.1) is 23.7 Å². The van der Waals surface area contributed by atoms with Crippen molar-refractivity contribution in [2.45, 2.75) is 68.1 Å². The van der Waals surface area contributed by atoms with Gasteiger partial charge in [0.25, 0.3) is 0 Å². The van der Waals surface area contributed by atoms with Gasteiger partial charge in [-0.1, -0.05) is 12.8 Å². The minimum absolute atomic E-state index is 0.201. The Hall–Kier alpha value is -0.820. The van der Waals surface area contributed by atoms with E-state index in [4.69, 9.17) is 5.73 Å². The highest BCUT2D eigenvalue weighted by Gasteiger charge is 2.55. The molecule has 4 N–H and O–H groups in total. The van der Waals surface area contributed by atoms with Gasteiger partial charge in [-0.3, -0.25) is 0 Å². The summed E-state index contributed by atoms with van der Waals surface area (Å²) in [6.45, 7) is 0.700. The lowest BCUT2D eigenvalue weighted by molar-refractivity contribution is -0.0529. The summed E-state index contributed by atoms with van der Waals surface area (Å²) in [5.41, 5.74) is 6.53.